The molecule has 6 heteroatoms. The van der Waals surface area contributed by atoms with Gasteiger partial charge in [-0.05, 0) is 18.8 Å². The molecule has 1 N–H and O–H groups in total. The van der Waals surface area contributed by atoms with Crippen LogP contribution in [-0.4, -0.2) is 37.6 Å². The van der Waals surface area contributed by atoms with Crippen molar-refractivity contribution in [2.75, 3.05) is 6.54 Å². The highest BCUT2D eigenvalue weighted by Gasteiger charge is 2.31. The molecule has 0 radical (unpaired) electrons. The molecule has 0 aliphatic carbocycles. The summed E-state index contributed by atoms with van der Waals surface area (Å²) in [4.78, 5) is 12.5. The van der Waals surface area contributed by atoms with Crippen molar-refractivity contribution in [3.63, 3.8) is 0 Å². The van der Waals surface area contributed by atoms with Crippen LogP contribution in [0.15, 0.2) is 12.4 Å². The Morgan fingerprint density at radius 2 is 2.33 bits per heavy atom. The Kier molecular flexibility index (Phi) is 2.57. The van der Waals surface area contributed by atoms with Gasteiger partial charge in [0.15, 0.2) is 0 Å². The summed E-state index contributed by atoms with van der Waals surface area (Å²) < 4.78 is 1.61. The number of likely N-dealkylation sites (tertiary alicyclic amines) is 1. The zero-order valence-corrected chi connectivity index (χ0v) is 8.58. The number of hydrogen-bond donors (Lipinski definition) is 1. The van der Waals surface area contributed by atoms with Crippen LogP contribution in [0.4, 0.5) is 4.79 Å². The molecule has 2 heterocycles. The van der Waals surface area contributed by atoms with Crippen LogP contribution < -0.4 is 0 Å². The molecule has 0 aromatic carbocycles. The smallest absolute Gasteiger partial charge is 0.409 e. The second-order valence-corrected chi connectivity index (χ2v) is 3.98. The van der Waals surface area contributed by atoms with Crippen molar-refractivity contribution in [1.82, 2.24) is 19.9 Å². The highest BCUT2D eigenvalue weighted by atomic mass is 16.4. The molecular weight excluding hydrogens is 196 g/mol. The zero-order chi connectivity index (χ0) is 10.8. The fraction of sp³-hybridized carbons (Fsp3) is 0.667. The molecule has 1 fully saturated rings. The summed E-state index contributed by atoms with van der Waals surface area (Å²) in [6.07, 6.45) is 4.02. The van der Waals surface area contributed by atoms with Gasteiger partial charge in [0.25, 0.3) is 0 Å². The van der Waals surface area contributed by atoms with E-state index in [1.807, 2.05) is 0 Å². The Hall–Kier alpha value is -1.59. The number of aromatic nitrogens is 3. The highest BCUT2D eigenvalue weighted by molar-refractivity contribution is 5.65. The van der Waals surface area contributed by atoms with Crippen molar-refractivity contribution in [2.45, 2.75) is 25.9 Å². The summed E-state index contributed by atoms with van der Waals surface area (Å²) >= 11 is 0. The van der Waals surface area contributed by atoms with Crippen molar-refractivity contribution < 1.29 is 9.90 Å². The van der Waals surface area contributed by atoms with Crippen LogP contribution in [0.5, 0.6) is 0 Å². The van der Waals surface area contributed by atoms with Gasteiger partial charge >= 0.3 is 6.09 Å². The molecular formula is C9H14N4O2. The Morgan fingerprint density at radius 3 is 2.93 bits per heavy atom. The summed E-state index contributed by atoms with van der Waals surface area (Å²) in [6, 6.07) is 0. The first-order valence-corrected chi connectivity index (χ1v) is 5.04. The van der Waals surface area contributed by atoms with Gasteiger partial charge in [0, 0.05) is 12.7 Å². The van der Waals surface area contributed by atoms with E-state index in [4.69, 9.17) is 5.11 Å². The minimum absolute atomic E-state index is 0.193. The second kappa shape index (κ2) is 3.88. The van der Waals surface area contributed by atoms with E-state index >= 15 is 0 Å². The Balaban J connectivity index is 2.19. The van der Waals surface area contributed by atoms with Gasteiger partial charge in [0.1, 0.15) is 6.17 Å². The third kappa shape index (κ3) is 1.93. The van der Waals surface area contributed by atoms with Gasteiger partial charge in [-0.25, -0.2) is 9.48 Å². The Bertz CT molecular complexity index is 338. The first-order valence-electron chi connectivity index (χ1n) is 5.04. The average molecular weight is 210 g/mol. The Morgan fingerprint density at radius 1 is 1.53 bits per heavy atom. The fourth-order valence-corrected chi connectivity index (χ4v) is 2.00. The third-order valence-electron chi connectivity index (χ3n) is 2.78. The molecule has 1 aromatic rings. The number of carboxylic acid groups (broad SMARTS) is 1. The maximum Gasteiger partial charge on any atom is 0.409 e. The van der Waals surface area contributed by atoms with Gasteiger partial charge in [-0.15, -0.1) is 5.10 Å². The fourth-order valence-electron chi connectivity index (χ4n) is 2.00. The summed E-state index contributed by atoms with van der Waals surface area (Å²) in [5, 5.41) is 16.7. The van der Waals surface area contributed by atoms with E-state index in [2.05, 4.69) is 17.2 Å². The molecule has 2 rings (SSSR count). The SMILES string of the molecule is CC1CCC(n2ccnn2)N(C(=O)O)C1. The lowest BCUT2D eigenvalue weighted by molar-refractivity contribution is 0.0547. The number of carbonyl (C=O) groups is 1. The Labute approximate surface area is 87.5 Å². The molecule has 1 aliphatic rings. The van der Waals surface area contributed by atoms with Gasteiger partial charge in [-0.2, -0.15) is 0 Å². The van der Waals surface area contributed by atoms with E-state index < -0.39 is 6.09 Å². The van der Waals surface area contributed by atoms with Crippen molar-refractivity contribution in [3.05, 3.63) is 12.4 Å². The lowest BCUT2D eigenvalue weighted by Gasteiger charge is -2.36. The predicted molar refractivity (Wildman–Crippen MR) is 52.2 cm³/mol. The van der Waals surface area contributed by atoms with Crippen LogP contribution in [0.2, 0.25) is 0 Å². The lowest BCUT2D eigenvalue weighted by Crippen LogP contribution is -2.43. The minimum Gasteiger partial charge on any atom is -0.465 e. The van der Waals surface area contributed by atoms with Gasteiger partial charge in [0.05, 0.1) is 6.20 Å². The standard InChI is InChI=1S/C9H14N4O2/c1-7-2-3-8(12(6-7)9(14)15)13-5-4-10-11-13/h4-5,7-8H,2-3,6H2,1H3,(H,14,15). The van der Waals surface area contributed by atoms with E-state index in [1.54, 1.807) is 17.1 Å². The summed E-state index contributed by atoms with van der Waals surface area (Å²) in [5.41, 5.74) is 0. The van der Waals surface area contributed by atoms with Crippen LogP contribution in [-0.2, 0) is 0 Å². The monoisotopic (exact) mass is 210 g/mol. The van der Waals surface area contributed by atoms with E-state index in [9.17, 15) is 4.79 Å². The van der Waals surface area contributed by atoms with Gasteiger partial charge in [-0.1, -0.05) is 12.1 Å². The topological polar surface area (TPSA) is 71.2 Å². The van der Waals surface area contributed by atoms with Crippen molar-refractivity contribution in [1.29, 1.82) is 0 Å². The zero-order valence-electron chi connectivity index (χ0n) is 8.58. The van der Waals surface area contributed by atoms with Crippen molar-refractivity contribution in [3.8, 4) is 0 Å². The van der Waals surface area contributed by atoms with Gasteiger partial charge in [-0.3, -0.25) is 4.90 Å². The normalized spacial score (nSPS) is 26.6. The largest absolute Gasteiger partial charge is 0.465 e. The molecule has 2 unspecified atom stereocenters. The van der Waals surface area contributed by atoms with Crippen molar-refractivity contribution >= 4 is 6.09 Å². The predicted octanol–water partition coefficient (Wildman–Crippen LogP) is 1.19. The molecule has 1 amide bonds. The number of amides is 1. The summed E-state index contributed by atoms with van der Waals surface area (Å²) in [7, 11) is 0. The minimum atomic E-state index is -0.887. The highest BCUT2D eigenvalue weighted by Crippen LogP contribution is 2.28. The first-order chi connectivity index (χ1) is 7.18. The van der Waals surface area contributed by atoms with Crippen molar-refractivity contribution in [2.24, 2.45) is 5.92 Å². The van der Waals surface area contributed by atoms with Crippen LogP contribution in [0.1, 0.15) is 25.9 Å². The first kappa shape index (κ1) is 9.95. The van der Waals surface area contributed by atoms with E-state index in [0.29, 0.717) is 12.5 Å². The number of hydrogen-bond acceptors (Lipinski definition) is 3. The molecule has 6 nitrogen and oxygen atoms in total. The van der Waals surface area contributed by atoms with E-state index in [-0.39, 0.29) is 6.17 Å². The number of nitrogens with zero attached hydrogens (tertiary/aromatic N) is 4. The molecule has 1 aliphatic heterocycles. The lowest BCUT2D eigenvalue weighted by atomic mass is 9.98. The van der Waals surface area contributed by atoms with Crippen LogP contribution in [0, 0.1) is 5.92 Å². The summed E-state index contributed by atoms with van der Waals surface area (Å²) in [6.45, 7) is 2.63. The number of piperidine rings is 1. The molecule has 2 atom stereocenters. The average Bonchev–Trinajstić information content (AvgIpc) is 2.70. The van der Waals surface area contributed by atoms with Crippen LogP contribution in [0.3, 0.4) is 0 Å². The second-order valence-electron chi connectivity index (χ2n) is 3.98. The maximum atomic E-state index is 11.1. The van der Waals surface area contributed by atoms with Gasteiger partial charge in [0.2, 0.25) is 0 Å². The molecule has 1 saturated heterocycles. The summed E-state index contributed by atoms with van der Waals surface area (Å²) in [5.74, 6) is 0.417. The quantitative estimate of drug-likeness (QED) is 0.755. The van der Waals surface area contributed by atoms with E-state index in [0.717, 1.165) is 12.8 Å². The molecule has 0 spiro atoms. The third-order valence-corrected chi connectivity index (χ3v) is 2.78. The maximum absolute atomic E-state index is 11.1. The van der Waals surface area contributed by atoms with Gasteiger partial charge < -0.3 is 5.11 Å². The molecule has 0 bridgehead atoms. The van der Waals surface area contributed by atoms with E-state index in [1.165, 1.54) is 4.90 Å². The molecule has 82 valence electrons. The molecule has 0 saturated carbocycles. The van der Waals surface area contributed by atoms with Crippen LogP contribution >= 0.6 is 0 Å². The molecule has 15 heavy (non-hydrogen) atoms. The molecule has 1 aromatic heterocycles. The van der Waals surface area contributed by atoms with Crippen LogP contribution in [0.25, 0.3) is 0 Å². The number of rotatable bonds is 1.